The second-order valence-corrected chi connectivity index (χ2v) is 3.24. The van der Waals surface area contributed by atoms with E-state index in [1.807, 2.05) is 6.92 Å². The molecule has 4 N–H and O–H groups in total. The zero-order valence-electron chi connectivity index (χ0n) is 9.37. The highest BCUT2D eigenvalue weighted by molar-refractivity contribution is 5.95. The predicted molar refractivity (Wildman–Crippen MR) is 56.9 cm³/mol. The summed E-state index contributed by atoms with van der Waals surface area (Å²) < 4.78 is 0. The number of aliphatic carboxylic acids is 1. The molecule has 1 atom stereocenters. The number of hydrogen-bond donors (Lipinski definition) is 4. The SMILES string of the molecule is CCCNC(=O)NC(=O)CN[C@H](C)C(=O)O. The molecule has 0 aliphatic rings. The average molecular weight is 231 g/mol. The van der Waals surface area contributed by atoms with Crippen molar-refractivity contribution in [3.8, 4) is 0 Å². The maximum Gasteiger partial charge on any atom is 0.321 e. The van der Waals surface area contributed by atoms with Crippen LogP contribution in [0.5, 0.6) is 0 Å². The maximum absolute atomic E-state index is 11.1. The summed E-state index contributed by atoms with van der Waals surface area (Å²) in [5.74, 6) is -1.62. The minimum atomic E-state index is -1.05. The zero-order chi connectivity index (χ0) is 12.6. The summed E-state index contributed by atoms with van der Waals surface area (Å²) >= 11 is 0. The summed E-state index contributed by atoms with van der Waals surface area (Å²) in [6, 6.07) is -1.40. The van der Waals surface area contributed by atoms with Crippen LogP contribution in [0, 0.1) is 0 Å². The number of carboxylic acid groups (broad SMARTS) is 1. The van der Waals surface area contributed by atoms with E-state index in [4.69, 9.17) is 5.11 Å². The molecule has 0 saturated heterocycles. The number of hydrogen-bond acceptors (Lipinski definition) is 4. The van der Waals surface area contributed by atoms with Crippen molar-refractivity contribution in [2.45, 2.75) is 26.3 Å². The summed E-state index contributed by atoms with van der Waals surface area (Å²) in [4.78, 5) is 32.5. The Hall–Kier alpha value is -1.63. The molecule has 3 amide bonds. The third-order valence-corrected chi connectivity index (χ3v) is 1.73. The van der Waals surface area contributed by atoms with Gasteiger partial charge in [0.2, 0.25) is 5.91 Å². The van der Waals surface area contributed by atoms with E-state index >= 15 is 0 Å². The molecule has 0 aromatic heterocycles. The van der Waals surface area contributed by atoms with Gasteiger partial charge in [-0.25, -0.2) is 4.79 Å². The summed E-state index contributed by atoms with van der Waals surface area (Å²) in [5.41, 5.74) is 0. The Labute approximate surface area is 93.6 Å². The Morgan fingerprint density at radius 2 is 1.94 bits per heavy atom. The van der Waals surface area contributed by atoms with E-state index in [0.29, 0.717) is 6.54 Å². The highest BCUT2D eigenvalue weighted by atomic mass is 16.4. The van der Waals surface area contributed by atoms with E-state index in [9.17, 15) is 14.4 Å². The fraction of sp³-hybridized carbons (Fsp3) is 0.667. The third-order valence-electron chi connectivity index (χ3n) is 1.73. The van der Waals surface area contributed by atoms with Crippen LogP contribution in [0.1, 0.15) is 20.3 Å². The second kappa shape index (κ2) is 7.63. The first-order chi connectivity index (χ1) is 7.47. The minimum Gasteiger partial charge on any atom is -0.480 e. The Morgan fingerprint density at radius 3 is 2.44 bits per heavy atom. The van der Waals surface area contributed by atoms with E-state index in [1.54, 1.807) is 0 Å². The topological polar surface area (TPSA) is 108 Å². The van der Waals surface area contributed by atoms with Crippen LogP contribution in [-0.4, -0.2) is 42.1 Å². The van der Waals surface area contributed by atoms with Crippen LogP contribution in [0.4, 0.5) is 4.79 Å². The van der Waals surface area contributed by atoms with Crippen LogP contribution in [0.3, 0.4) is 0 Å². The van der Waals surface area contributed by atoms with Crippen molar-refractivity contribution in [3.05, 3.63) is 0 Å². The Balaban J connectivity index is 3.74. The van der Waals surface area contributed by atoms with Crippen LogP contribution in [0.25, 0.3) is 0 Å². The van der Waals surface area contributed by atoms with Gasteiger partial charge in [-0.3, -0.25) is 20.2 Å². The highest BCUT2D eigenvalue weighted by Crippen LogP contribution is 1.79. The zero-order valence-corrected chi connectivity index (χ0v) is 9.37. The van der Waals surface area contributed by atoms with Crippen molar-refractivity contribution < 1.29 is 19.5 Å². The fourth-order valence-electron chi connectivity index (χ4n) is 0.787. The van der Waals surface area contributed by atoms with Gasteiger partial charge in [0.25, 0.3) is 0 Å². The number of carbonyl (C=O) groups excluding carboxylic acids is 2. The molecule has 92 valence electrons. The monoisotopic (exact) mass is 231 g/mol. The molecular formula is C9H17N3O4. The molecule has 0 spiro atoms. The van der Waals surface area contributed by atoms with Gasteiger partial charge >= 0.3 is 12.0 Å². The molecule has 0 bridgehead atoms. The Kier molecular flexibility index (Phi) is 6.86. The fourth-order valence-corrected chi connectivity index (χ4v) is 0.787. The molecule has 0 aliphatic carbocycles. The summed E-state index contributed by atoms with van der Waals surface area (Å²) in [6.45, 7) is 3.57. The molecule has 0 heterocycles. The normalized spacial score (nSPS) is 11.6. The van der Waals surface area contributed by atoms with Crippen molar-refractivity contribution in [2.75, 3.05) is 13.1 Å². The summed E-state index contributed by atoms with van der Waals surface area (Å²) in [7, 11) is 0. The van der Waals surface area contributed by atoms with Gasteiger partial charge in [-0.05, 0) is 13.3 Å². The van der Waals surface area contributed by atoms with Crippen LogP contribution < -0.4 is 16.0 Å². The highest BCUT2D eigenvalue weighted by Gasteiger charge is 2.12. The van der Waals surface area contributed by atoms with Gasteiger partial charge in [0, 0.05) is 6.54 Å². The lowest BCUT2D eigenvalue weighted by atomic mass is 10.3. The van der Waals surface area contributed by atoms with Gasteiger partial charge in [0.1, 0.15) is 6.04 Å². The number of amides is 3. The van der Waals surface area contributed by atoms with Crippen molar-refractivity contribution in [2.24, 2.45) is 0 Å². The largest absolute Gasteiger partial charge is 0.480 e. The molecule has 0 unspecified atom stereocenters. The average Bonchev–Trinajstić information content (AvgIpc) is 2.22. The molecule has 7 heteroatoms. The quantitative estimate of drug-likeness (QED) is 0.483. The first kappa shape index (κ1) is 14.4. The Bertz CT molecular complexity index is 267. The molecule has 0 rings (SSSR count). The molecule has 0 fully saturated rings. The number of carboxylic acids is 1. The lowest BCUT2D eigenvalue weighted by Crippen LogP contribution is -2.46. The number of nitrogens with one attached hydrogen (secondary N) is 3. The molecule has 0 saturated carbocycles. The lowest BCUT2D eigenvalue weighted by molar-refractivity contribution is -0.139. The van der Waals surface area contributed by atoms with Gasteiger partial charge in [-0.1, -0.05) is 6.92 Å². The van der Waals surface area contributed by atoms with Crippen molar-refractivity contribution in [3.63, 3.8) is 0 Å². The number of rotatable bonds is 6. The predicted octanol–water partition coefficient (Wildman–Crippen LogP) is -0.715. The van der Waals surface area contributed by atoms with Crippen LogP contribution in [0.2, 0.25) is 0 Å². The minimum absolute atomic E-state index is 0.215. The van der Waals surface area contributed by atoms with Crippen LogP contribution >= 0.6 is 0 Å². The smallest absolute Gasteiger partial charge is 0.321 e. The van der Waals surface area contributed by atoms with E-state index in [0.717, 1.165) is 6.42 Å². The van der Waals surface area contributed by atoms with Gasteiger partial charge in [0.15, 0.2) is 0 Å². The first-order valence-electron chi connectivity index (χ1n) is 5.01. The molecular weight excluding hydrogens is 214 g/mol. The van der Waals surface area contributed by atoms with Crippen LogP contribution in [0.15, 0.2) is 0 Å². The maximum atomic E-state index is 11.1. The Morgan fingerprint density at radius 1 is 1.31 bits per heavy atom. The van der Waals surface area contributed by atoms with Gasteiger partial charge in [-0.15, -0.1) is 0 Å². The molecule has 0 radical (unpaired) electrons. The number of imide groups is 1. The van der Waals surface area contributed by atoms with E-state index in [-0.39, 0.29) is 6.54 Å². The summed E-state index contributed by atoms with van der Waals surface area (Å²) in [6.07, 6.45) is 0.774. The van der Waals surface area contributed by atoms with E-state index < -0.39 is 23.9 Å². The number of carbonyl (C=O) groups is 3. The van der Waals surface area contributed by atoms with Gasteiger partial charge in [-0.2, -0.15) is 0 Å². The van der Waals surface area contributed by atoms with Crippen molar-refractivity contribution >= 4 is 17.9 Å². The van der Waals surface area contributed by atoms with E-state index in [1.165, 1.54) is 6.92 Å². The van der Waals surface area contributed by atoms with Crippen molar-refractivity contribution in [1.29, 1.82) is 0 Å². The summed E-state index contributed by atoms with van der Waals surface area (Å²) in [5, 5.41) is 15.5. The molecule has 16 heavy (non-hydrogen) atoms. The van der Waals surface area contributed by atoms with Gasteiger partial charge < -0.3 is 10.4 Å². The first-order valence-corrected chi connectivity index (χ1v) is 5.01. The van der Waals surface area contributed by atoms with E-state index in [2.05, 4.69) is 16.0 Å². The third kappa shape index (κ3) is 6.77. The molecule has 0 aliphatic heterocycles. The van der Waals surface area contributed by atoms with Crippen LogP contribution in [-0.2, 0) is 9.59 Å². The van der Waals surface area contributed by atoms with Gasteiger partial charge in [0.05, 0.1) is 6.54 Å². The number of urea groups is 1. The molecule has 7 nitrogen and oxygen atoms in total. The molecule has 0 aromatic rings. The second-order valence-electron chi connectivity index (χ2n) is 3.24. The standard InChI is InChI=1S/C9H17N3O4/c1-3-4-10-9(16)12-7(13)5-11-6(2)8(14)15/h6,11H,3-5H2,1-2H3,(H,14,15)(H2,10,12,13,16)/t6-/m1/s1. The lowest BCUT2D eigenvalue weighted by Gasteiger charge is -2.09. The molecule has 0 aromatic carbocycles. The van der Waals surface area contributed by atoms with Crippen molar-refractivity contribution in [1.82, 2.24) is 16.0 Å².